The Morgan fingerprint density at radius 3 is 2.58 bits per heavy atom. The van der Waals surface area contributed by atoms with E-state index in [9.17, 15) is 9.90 Å². The van der Waals surface area contributed by atoms with E-state index in [4.69, 9.17) is 18.9 Å². The van der Waals surface area contributed by atoms with Crippen molar-refractivity contribution in [3.8, 4) is 17.2 Å². The third-order valence-electron chi connectivity index (χ3n) is 3.36. The molecule has 0 aromatic heterocycles. The Balaban J connectivity index is 2.04. The lowest BCUT2D eigenvalue weighted by Gasteiger charge is -2.31. The van der Waals surface area contributed by atoms with E-state index >= 15 is 0 Å². The van der Waals surface area contributed by atoms with E-state index in [0.717, 1.165) is 0 Å². The molecule has 0 radical (unpaired) electrons. The SMILES string of the molecule is COc1ccc(C(=O)O)c2c1OC1(CCOCC1)O2. The largest absolute Gasteiger partial charge is 0.493 e. The van der Waals surface area contributed by atoms with E-state index < -0.39 is 11.8 Å². The molecule has 3 rings (SSSR count). The number of aromatic carboxylic acids is 1. The minimum Gasteiger partial charge on any atom is -0.493 e. The van der Waals surface area contributed by atoms with Crippen molar-refractivity contribution in [1.82, 2.24) is 0 Å². The molecule has 0 saturated carbocycles. The number of fused-ring (bicyclic) bond motifs is 1. The molecule has 0 amide bonds. The first-order valence-corrected chi connectivity index (χ1v) is 6.05. The number of methoxy groups -OCH3 is 1. The fourth-order valence-corrected chi connectivity index (χ4v) is 2.35. The maximum atomic E-state index is 11.2. The van der Waals surface area contributed by atoms with Crippen LogP contribution in [0.15, 0.2) is 12.1 Å². The van der Waals surface area contributed by atoms with Crippen LogP contribution in [-0.4, -0.2) is 37.2 Å². The molecular formula is C13H14O6. The zero-order valence-corrected chi connectivity index (χ0v) is 10.5. The lowest BCUT2D eigenvalue weighted by Crippen LogP contribution is -2.44. The van der Waals surface area contributed by atoms with Gasteiger partial charge in [0.25, 0.3) is 5.79 Å². The Hall–Kier alpha value is -1.95. The molecule has 6 nitrogen and oxygen atoms in total. The summed E-state index contributed by atoms with van der Waals surface area (Å²) in [6.07, 6.45) is 1.12. The fourth-order valence-electron chi connectivity index (χ4n) is 2.35. The highest BCUT2D eigenvalue weighted by Crippen LogP contribution is 2.50. The molecule has 1 spiro atoms. The smallest absolute Gasteiger partial charge is 0.339 e. The quantitative estimate of drug-likeness (QED) is 0.877. The summed E-state index contributed by atoms with van der Waals surface area (Å²) in [5, 5.41) is 9.20. The van der Waals surface area contributed by atoms with Crippen molar-refractivity contribution < 1.29 is 28.8 Å². The van der Waals surface area contributed by atoms with Crippen molar-refractivity contribution in [2.45, 2.75) is 18.6 Å². The third kappa shape index (κ3) is 1.88. The van der Waals surface area contributed by atoms with Gasteiger partial charge in [0.1, 0.15) is 5.56 Å². The minimum atomic E-state index is -1.05. The van der Waals surface area contributed by atoms with Gasteiger partial charge in [-0.15, -0.1) is 0 Å². The molecule has 0 unspecified atom stereocenters. The Kier molecular flexibility index (Phi) is 2.74. The zero-order chi connectivity index (χ0) is 13.5. The van der Waals surface area contributed by atoms with Crippen LogP contribution < -0.4 is 14.2 Å². The molecular weight excluding hydrogens is 252 g/mol. The van der Waals surface area contributed by atoms with Crippen molar-refractivity contribution in [2.75, 3.05) is 20.3 Å². The second-order valence-corrected chi connectivity index (χ2v) is 4.51. The molecule has 2 aliphatic heterocycles. The van der Waals surface area contributed by atoms with Gasteiger partial charge in [-0.05, 0) is 12.1 Å². The molecule has 0 bridgehead atoms. The van der Waals surface area contributed by atoms with Gasteiger partial charge in [-0.3, -0.25) is 0 Å². The Labute approximate surface area is 109 Å². The first kappa shape index (κ1) is 12.1. The van der Waals surface area contributed by atoms with Gasteiger partial charge >= 0.3 is 5.97 Å². The Morgan fingerprint density at radius 1 is 1.26 bits per heavy atom. The van der Waals surface area contributed by atoms with Crippen LogP contribution >= 0.6 is 0 Å². The van der Waals surface area contributed by atoms with Gasteiger partial charge in [0.2, 0.25) is 5.75 Å². The monoisotopic (exact) mass is 266 g/mol. The Bertz CT molecular complexity index is 518. The lowest BCUT2D eigenvalue weighted by molar-refractivity contribution is -0.144. The van der Waals surface area contributed by atoms with Gasteiger partial charge in [-0.2, -0.15) is 0 Å². The predicted octanol–water partition coefficient (Wildman–Crippen LogP) is 1.67. The second kappa shape index (κ2) is 4.31. The van der Waals surface area contributed by atoms with Gasteiger partial charge in [-0.1, -0.05) is 0 Å². The summed E-state index contributed by atoms with van der Waals surface area (Å²) < 4.78 is 22.1. The van der Waals surface area contributed by atoms with Gasteiger partial charge in [0.15, 0.2) is 11.5 Å². The minimum absolute atomic E-state index is 0.0826. The second-order valence-electron chi connectivity index (χ2n) is 4.51. The molecule has 2 aliphatic rings. The molecule has 6 heteroatoms. The van der Waals surface area contributed by atoms with Crippen molar-refractivity contribution >= 4 is 5.97 Å². The summed E-state index contributed by atoms with van der Waals surface area (Å²) in [4.78, 5) is 11.2. The van der Waals surface area contributed by atoms with Crippen LogP contribution in [0, 0.1) is 0 Å². The number of hydrogen-bond donors (Lipinski definition) is 1. The van der Waals surface area contributed by atoms with Crippen LogP contribution in [0.4, 0.5) is 0 Å². The Morgan fingerprint density at radius 2 is 1.95 bits per heavy atom. The van der Waals surface area contributed by atoms with Crippen LogP contribution in [0.3, 0.4) is 0 Å². The van der Waals surface area contributed by atoms with E-state index in [1.165, 1.54) is 13.2 Å². The zero-order valence-electron chi connectivity index (χ0n) is 10.5. The van der Waals surface area contributed by atoms with Crippen LogP contribution in [0.2, 0.25) is 0 Å². The molecule has 1 aromatic carbocycles. The average Bonchev–Trinajstić information content (AvgIpc) is 2.76. The van der Waals surface area contributed by atoms with Crippen LogP contribution in [-0.2, 0) is 4.74 Å². The highest BCUT2D eigenvalue weighted by atomic mass is 16.7. The van der Waals surface area contributed by atoms with E-state index in [2.05, 4.69) is 0 Å². The molecule has 1 fully saturated rings. The summed E-state index contributed by atoms with van der Waals surface area (Å²) in [7, 11) is 1.51. The molecule has 1 aromatic rings. The average molecular weight is 266 g/mol. The number of carboxylic acid groups (broad SMARTS) is 1. The highest BCUT2D eigenvalue weighted by molar-refractivity contribution is 5.93. The maximum absolute atomic E-state index is 11.2. The lowest BCUT2D eigenvalue weighted by atomic mass is 10.1. The van der Waals surface area contributed by atoms with Gasteiger partial charge in [-0.25, -0.2) is 4.79 Å². The third-order valence-corrected chi connectivity index (χ3v) is 3.36. The molecule has 0 aliphatic carbocycles. The summed E-state index contributed by atoms with van der Waals surface area (Å²) in [6, 6.07) is 3.03. The summed E-state index contributed by atoms with van der Waals surface area (Å²) in [5.74, 6) is -0.785. The first-order valence-electron chi connectivity index (χ1n) is 6.05. The summed E-state index contributed by atoms with van der Waals surface area (Å²) in [5.41, 5.74) is 0.0826. The predicted molar refractivity (Wildman–Crippen MR) is 64.0 cm³/mol. The van der Waals surface area contributed by atoms with Gasteiger partial charge in [0.05, 0.1) is 20.3 Å². The van der Waals surface area contributed by atoms with E-state index in [1.807, 2.05) is 0 Å². The number of hydrogen-bond acceptors (Lipinski definition) is 5. The number of carbonyl (C=O) groups is 1. The van der Waals surface area contributed by atoms with E-state index in [-0.39, 0.29) is 11.3 Å². The number of ether oxygens (including phenoxy) is 4. The molecule has 1 saturated heterocycles. The topological polar surface area (TPSA) is 74.2 Å². The van der Waals surface area contributed by atoms with Gasteiger partial charge in [0, 0.05) is 12.8 Å². The van der Waals surface area contributed by atoms with Crippen molar-refractivity contribution in [3.63, 3.8) is 0 Å². The molecule has 2 heterocycles. The number of benzene rings is 1. The van der Waals surface area contributed by atoms with Crippen molar-refractivity contribution in [1.29, 1.82) is 0 Å². The maximum Gasteiger partial charge on any atom is 0.339 e. The molecule has 19 heavy (non-hydrogen) atoms. The highest BCUT2D eigenvalue weighted by Gasteiger charge is 2.46. The number of carboxylic acids is 1. The summed E-state index contributed by atoms with van der Waals surface area (Å²) >= 11 is 0. The standard InChI is InChI=1S/C13H14O6/c1-16-9-3-2-8(12(14)15)10-11(9)19-13(18-10)4-6-17-7-5-13/h2-3H,4-7H2,1H3,(H,14,15). The van der Waals surface area contributed by atoms with Gasteiger partial charge < -0.3 is 24.1 Å². The first-order chi connectivity index (χ1) is 9.15. The molecule has 102 valence electrons. The molecule has 1 N–H and O–H groups in total. The molecule has 0 atom stereocenters. The number of rotatable bonds is 2. The van der Waals surface area contributed by atoms with Crippen molar-refractivity contribution in [2.24, 2.45) is 0 Å². The van der Waals surface area contributed by atoms with Crippen LogP contribution in [0.1, 0.15) is 23.2 Å². The normalized spacial score (nSPS) is 19.4. The van der Waals surface area contributed by atoms with E-state index in [1.54, 1.807) is 6.07 Å². The van der Waals surface area contributed by atoms with E-state index in [0.29, 0.717) is 37.6 Å². The van der Waals surface area contributed by atoms with Crippen molar-refractivity contribution in [3.05, 3.63) is 17.7 Å². The van der Waals surface area contributed by atoms with Crippen LogP contribution in [0.5, 0.6) is 17.2 Å². The fraction of sp³-hybridized carbons (Fsp3) is 0.462. The van der Waals surface area contributed by atoms with Crippen LogP contribution in [0.25, 0.3) is 0 Å². The summed E-state index contributed by atoms with van der Waals surface area (Å²) in [6.45, 7) is 1.05.